The molecule has 1 aliphatic carbocycles. The van der Waals surface area contributed by atoms with E-state index < -0.39 is 0 Å². The summed E-state index contributed by atoms with van der Waals surface area (Å²) in [5, 5.41) is 15.1. The number of hydrogen-bond donors (Lipinski definition) is 2. The van der Waals surface area contributed by atoms with E-state index >= 15 is 0 Å². The number of carbonyl (C=O) groups excluding carboxylic acids is 1. The molecule has 134 valence electrons. The van der Waals surface area contributed by atoms with Crippen molar-refractivity contribution in [2.24, 2.45) is 0 Å². The normalized spacial score (nSPS) is 13.3. The fourth-order valence-corrected chi connectivity index (χ4v) is 3.66. The zero-order chi connectivity index (χ0) is 17.5. The number of amides is 1. The summed E-state index contributed by atoms with van der Waals surface area (Å²) in [6.45, 7) is 0.813. The number of ether oxygens (including phenoxy) is 2. The third-order valence-electron chi connectivity index (χ3n) is 3.39. The number of hydrogen-bond acceptors (Lipinski definition) is 8. The lowest BCUT2D eigenvalue weighted by Crippen LogP contribution is -2.29. The molecule has 25 heavy (non-hydrogen) atoms. The molecule has 0 radical (unpaired) electrons. The molecule has 3 rings (SSSR count). The second-order valence-corrected chi connectivity index (χ2v) is 7.63. The Labute approximate surface area is 154 Å². The van der Waals surface area contributed by atoms with Crippen LogP contribution in [0.15, 0.2) is 28.6 Å². The second kappa shape index (κ2) is 8.91. The maximum atomic E-state index is 11.9. The molecule has 1 saturated carbocycles. The first kappa shape index (κ1) is 17.8. The van der Waals surface area contributed by atoms with Crippen molar-refractivity contribution in [1.82, 2.24) is 15.5 Å². The van der Waals surface area contributed by atoms with Gasteiger partial charge in [0.1, 0.15) is 6.61 Å². The second-order valence-electron chi connectivity index (χ2n) is 5.43. The zero-order valence-corrected chi connectivity index (χ0v) is 15.5. The van der Waals surface area contributed by atoms with Gasteiger partial charge >= 0.3 is 0 Å². The number of benzene rings is 1. The SMILES string of the molecule is COc1ccccc1OCCNC(=O)CSc1nnc(NC2CC2)s1. The van der Waals surface area contributed by atoms with Crippen LogP contribution in [0.4, 0.5) is 5.13 Å². The van der Waals surface area contributed by atoms with Crippen LogP contribution >= 0.6 is 23.1 Å². The summed E-state index contributed by atoms with van der Waals surface area (Å²) in [5.74, 6) is 1.60. The highest BCUT2D eigenvalue weighted by Crippen LogP contribution is 2.30. The topological polar surface area (TPSA) is 85.4 Å². The van der Waals surface area contributed by atoms with Crippen molar-refractivity contribution < 1.29 is 14.3 Å². The molecule has 0 unspecified atom stereocenters. The van der Waals surface area contributed by atoms with Crippen molar-refractivity contribution in [3.8, 4) is 11.5 Å². The van der Waals surface area contributed by atoms with Crippen LogP contribution in [0, 0.1) is 0 Å². The molecule has 1 aliphatic rings. The molecule has 0 saturated heterocycles. The van der Waals surface area contributed by atoms with E-state index in [2.05, 4.69) is 20.8 Å². The number of aromatic nitrogens is 2. The Morgan fingerprint density at radius 1 is 1.32 bits per heavy atom. The van der Waals surface area contributed by atoms with Gasteiger partial charge in [0.25, 0.3) is 0 Å². The molecule has 9 heteroatoms. The molecule has 7 nitrogen and oxygen atoms in total. The van der Waals surface area contributed by atoms with Gasteiger partial charge < -0.3 is 20.1 Å². The molecule has 1 aromatic heterocycles. The van der Waals surface area contributed by atoms with E-state index in [1.807, 2.05) is 24.3 Å². The summed E-state index contributed by atoms with van der Waals surface area (Å²) in [7, 11) is 1.60. The molecule has 1 heterocycles. The van der Waals surface area contributed by atoms with E-state index in [1.54, 1.807) is 7.11 Å². The minimum absolute atomic E-state index is 0.0551. The van der Waals surface area contributed by atoms with Gasteiger partial charge in [-0.1, -0.05) is 35.2 Å². The fourth-order valence-electron chi connectivity index (χ4n) is 2.00. The molecule has 2 N–H and O–H groups in total. The fraction of sp³-hybridized carbons (Fsp3) is 0.438. The third kappa shape index (κ3) is 5.79. The monoisotopic (exact) mass is 380 g/mol. The molecule has 1 aromatic carbocycles. The minimum atomic E-state index is -0.0551. The lowest BCUT2D eigenvalue weighted by Gasteiger charge is -2.10. The molecule has 1 amide bonds. The van der Waals surface area contributed by atoms with Crippen LogP contribution in [0.25, 0.3) is 0 Å². The van der Waals surface area contributed by atoms with E-state index in [0.717, 1.165) is 9.47 Å². The first-order valence-electron chi connectivity index (χ1n) is 8.00. The van der Waals surface area contributed by atoms with Crippen LogP contribution in [-0.4, -0.2) is 48.2 Å². The largest absolute Gasteiger partial charge is 0.493 e. The van der Waals surface area contributed by atoms with E-state index in [0.29, 0.717) is 36.4 Å². The number of methoxy groups -OCH3 is 1. The number of anilines is 1. The molecule has 0 bridgehead atoms. The average molecular weight is 380 g/mol. The molecule has 2 aromatic rings. The maximum absolute atomic E-state index is 11.9. The molecule has 0 spiro atoms. The van der Waals surface area contributed by atoms with Gasteiger partial charge in [-0.15, -0.1) is 10.2 Å². The van der Waals surface area contributed by atoms with Crippen LogP contribution in [0.2, 0.25) is 0 Å². The van der Waals surface area contributed by atoms with Crippen molar-refractivity contribution in [3.63, 3.8) is 0 Å². The standard InChI is InChI=1S/C16H20N4O3S2/c1-22-12-4-2-3-5-13(12)23-9-8-17-14(21)10-24-16-20-19-15(25-16)18-11-6-7-11/h2-5,11H,6-10H2,1H3,(H,17,21)(H,18,19). The summed E-state index contributed by atoms with van der Waals surface area (Å²) in [6, 6.07) is 7.97. The predicted octanol–water partition coefficient (Wildman–Crippen LogP) is 2.41. The Balaban J connectivity index is 1.32. The average Bonchev–Trinajstić information content (AvgIpc) is 3.33. The van der Waals surface area contributed by atoms with Gasteiger partial charge in [0.05, 0.1) is 19.4 Å². The van der Waals surface area contributed by atoms with E-state index in [1.165, 1.54) is 35.9 Å². The van der Waals surface area contributed by atoms with Crippen LogP contribution in [0.5, 0.6) is 11.5 Å². The highest BCUT2D eigenvalue weighted by molar-refractivity contribution is 8.01. The predicted molar refractivity (Wildman–Crippen MR) is 98.8 cm³/mol. The van der Waals surface area contributed by atoms with E-state index in [9.17, 15) is 4.79 Å². The maximum Gasteiger partial charge on any atom is 0.230 e. The van der Waals surface area contributed by atoms with Gasteiger partial charge in [0, 0.05) is 6.04 Å². The lowest BCUT2D eigenvalue weighted by atomic mass is 10.3. The summed E-state index contributed by atoms with van der Waals surface area (Å²) >= 11 is 2.87. The molecule has 1 fully saturated rings. The van der Waals surface area contributed by atoms with Gasteiger partial charge in [0.15, 0.2) is 15.8 Å². The molecule has 0 atom stereocenters. The van der Waals surface area contributed by atoms with Crippen LogP contribution in [0.3, 0.4) is 0 Å². The van der Waals surface area contributed by atoms with Gasteiger partial charge in [-0.25, -0.2) is 0 Å². The van der Waals surface area contributed by atoms with Crippen LogP contribution in [-0.2, 0) is 4.79 Å². The zero-order valence-electron chi connectivity index (χ0n) is 13.9. The Hall–Kier alpha value is -2.00. The molecule has 0 aliphatic heterocycles. The first-order chi connectivity index (χ1) is 12.2. The molecular weight excluding hydrogens is 360 g/mol. The van der Waals surface area contributed by atoms with Gasteiger partial charge in [-0.3, -0.25) is 4.79 Å². The number of nitrogens with one attached hydrogen (secondary N) is 2. The number of thioether (sulfide) groups is 1. The number of para-hydroxylation sites is 2. The summed E-state index contributed by atoms with van der Waals surface area (Å²) in [4.78, 5) is 11.9. The number of rotatable bonds is 10. The van der Waals surface area contributed by atoms with Crippen LogP contribution < -0.4 is 20.1 Å². The van der Waals surface area contributed by atoms with E-state index in [4.69, 9.17) is 9.47 Å². The van der Waals surface area contributed by atoms with Crippen molar-refractivity contribution in [2.45, 2.75) is 23.2 Å². The van der Waals surface area contributed by atoms with Crippen molar-refractivity contribution in [2.75, 3.05) is 31.3 Å². The summed E-state index contributed by atoms with van der Waals surface area (Å²) < 4.78 is 11.6. The Kier molecular flexibility index (Phi) is 6.35. The molecular formula is C16H20N4O3S2. The Morgan fingerprint density at radius 3 is 2.88 bits per heavy atom. The summed E-state index contributed by atoms with van der Waals surface area (Å²) in [5.41, 5.74) is 0. The van der Waals surface area contributed by atoms with Gasteiger partial charge in [-0.2, -0.15) is 0 Å². The smallest absolute Gasteiger partial charge is 0.230 e. The summed E-state index contributed by atoms with van der Waals surface area (Å²) in [6.07, 6.45) is 2.39. The quantitative estimate of drug-likeness (QED) is 0.483. The Bertz CT molecular complexity index is 706. The van der Waals surface area contributed by atoms with Crippen molar-refractivity contribution in [1.29, 1.82) is 0 Å². The van der Waals surface area contributed by atoms with Crippen molar-refractivity contribution >= 4 is 34.1 Å². The third-order valence-corrected chi connectivity index (χ3v) is 5.38. The number of nitrogens with zero attached hydrogens (tertiary/aromatic N) is 2. The highest BCUT2D eigenvalue weighted by atomic mass is 32.2. The van der Waals surface area contributed by atoms with Gasteiger partial charge in [-0.05, 0) is 25.0 Å². The van der Waals surface area contributed by atoms with Crippen LogP contribution in [0.1, 0.15) is 12.8 Å². The van der Waals surface area contributed by atoms with E-state index in [-0.39, 0.29) is 5.91 Å². The van der Waals surface area contributed by atoms with Gasteiger partial charge in [0.2, 0.25) is 11.0 Å². The van der Waals surface area contributed by atoms with Crippen molar-refractivity contribution in [3.05, 3.63) is 24.3 Å². The number of carbonyl (C=O) groups is 1. The Morgan fingerprint density at radius 2 is 2.12 bits per heavy atom. The first-order valence-corrected chi connectivity index (χ1v) is 9.80. The minimum Gasteiger partial charge on any atom is -0.493 e. The highest BCUT2D eigenvalue weighted by Gasteiger charge is 2.22. The lowest BCUT2D eigenvalue weighted by molar-refractivity contribution is -0.118.